The van der Waals surface area contributed by atoms with Crippen LogP contribution in [0.3, 0.4) is 0 Å². The van der Waals surface area contributed by atoms with E-state index in [1.54, 1.807) is 30.1 Å². The molecule has 0 atom stereocenters. The number of nitrogens with zero attached hydrogens (tertiary/aromatic N) is 1. The van der Waals surface area contributed by atoms with E-state index < -0.39 is 18.1 Å². The quantitative estimate of drug-likeness (QED) is 0.340. The molecule has 3 aromatic carbocycles. The highest BCUT2D eigenvalue weighted by atomic mass is 19.4. The summed E-state index contributed by atoms with van der Waals surface area (Å²) in [7, 11) is 4.33. The third-order valence-electron chi connectivity index (χ3n) is 4.70. The van der Waals surface area contributed by atoms with Crippen molar-refractivity contribution in [2.75, 3.05) is 31.5 Å². The number of carbonyl (C=O) groups is 1. The number of rotatable bonds is 7. The van der Waals surface area contributed by atoms with Crippen LogP contribution in [0.4, 0.5) is 40.3 Å². The zero-order chi connectivity index (χ0) is 24.2. The average Bonchev–Trinajstić information content (AvgIpc) is 2.79. The second-order valence-corrected chi connectivity index (χ2v) is 6.79. The Bertz CT molecular complexity index is 1130. The van der Waals surface area contributed by atoms with Crippen molar-refractivity contribution in [3.05, 3.63) is 72.0 Å². The van der Waals surface area contributed by atoms with Crippen LogP contribution in [-0.2, 0) is 4.74 Å². The van der Waals surface area contributed by atoms with Crippen LogP contribution < -0.4 is 19.7 Å². The Morgan fingerprint density at radius 3 is 2.06 bits per heavy atom. The first kappa shape index (κ1) is 23.7. The van der Waals surface area contributed by atoms with Crippen LogP contribution in [0, 0.1) is 5.82 Å². The van der Waals surface area contributed by atoms with Gasteiger partial charge < -0.3 is 24.4 Å². The Morgan fingerprint density at radius 1 is 0.879 bits per heavy atom. The van der Waals surface area contributed by atoms with Gasteiger partial charge in [-0.15, -0.1) is 13.2 Å². The second-order valence-electron chi connectivity index (χ2n) is 6.79. The lowest BCUT2D eigenvalue weighted by Crippen LogP contribution is -2.17. The van der Waals surface area contributed by atoms with E-state index in [1.807, 2.05) is 0 Å². The molecule has 6 nitrogen and oxygen atoms in total. The molecule has 0 aliphatic carbocycles. The molecule has 0 spiro atoms. The molecule has 0 fully saturated rings. The van der Waals surface area contributed by atoms with Gasteiger partial charge in [0.2, 0.25) is 0 Å². The standard InChI is InChI=1S/C23H20F4N2O4/c1-29(14-4-7-16(8-5-14)33-23(25,26)27)15-6-10-21(19(24)12-15)28-20-11-9-17(31-2)13-18(20)22(30)32-3/h4-13,28H,1-3H3. The van der Waals surface area contributed by atoms with Gasteiger partial charge in [-0.3, -0.25) is 0 Å². The third-order valence-corrected chi connectivity index (χ3v) is 4.70. The van der Waals surface area contributed by atoms with E-state index in [4.69, 9.17) is 9.47 Å². The van der Waals surface area contributed by atoms with Crippen molar-refractivity contribution in [3.63, 3.8) is 0 Å². The fraction of sp³-hybridized carbons (Fsp3) is 0.174. The molecule has 174 valence electrons. The van der Waals surface area contributed by atoms with Gasteiger partial charge in [0.25, 0.3) is 0 Å². The number of ether oxygens (including phenoxy) is 3. The number of hydrogen-bond acceptors (Lipinski definition) is 6. The van der Waals surface area contributed by atoms with Gasteiger partial charge in [-0.2, -0.15) is 0 Å². The molecule has 0 aliphatic heterocycles. The zero-order valence-electron chi connectivity index (χ0n) is 17.9. The van der Waals surface area contributed by atoms with Crippen LogP contribution in [0.15, 0.2) is 60.7 Å². The molecule has 3 aromatic rings. The van der Waals surface area contributed by atoms with Crippen LogP contribution in [0.2, 0.25) is 0 Å². The first-order valence-corrected chi connectivity index (χ1v) is 9.53. The second kappa shape index (κ2) is 9.68. The molecule has 0 unspecified atom stereocenters. The number of carbonyl (C=O) groups excluding carboxylic acids is 1. The van der Waals surface area contributed by atoms with E-state index in [0.29, 0.717) is 22.8 Å². The van der Waals surface area contributed by atoms with Gasteiger partial charge in [-0.25, -0.2) is 9.18 Å². The zero-order valence-corrected chi connectivity index (χ0v) is 17.9. The highest BCUT2D eigenvalue weighted by molar-refractivity contribution is 5.97. The smallest absolute Gasteiger partial charge is 0.497 e. The molecule has 3 rings (SSSR count). The topological polar surface area (TPSA) is 60.0 Å². The van der Waals surface area contributed by atoms with Gasteiger partial charge in [-0.05, 0) is 60.7 Å². The van der Waals surface area contributed by atoms with E-state index in [1.165, 1.54) is 56.7 Å². The van der Waals surface area contributed by atoms with Gasteiger partial charge >= 0.3 is 12.3 Å². The van der Waals surface area contributed by atoms with Crippen LogP contribution in [0.25, 0.3) is 0 Å². The molecule has 0 aromatic heterocycles. The summed E-state index contributed by atoms with van der Waals surface area (Å²) in [5.74, 6) is -1.15. The summed E-state index contributed by atoms with van der Waals surface area (Å²) < 4.78 is 65.5. The van der Waals surface area contributed by atoms with Gasteiger partial charge in [0.15, 0.2) is 0 Å². The third kappa shape index (κ3) is 5.85. The molecule has 10 heteroatoms. The summed E-state index contributed by atoms with van der Waals surface area (Å²) in [6.45, 7) is 0. The van der Waals surface area contributed by atoms with Gasteiger partial charge in [0.1, 0.15) is 17.3 Å². The Morgan fingerprint density at radius 2 is 1.48 bits per heavy atom. The number of esters is 1. The molecule has 0 radical (unpaired) electrons. The predicted molar refractivity (Wildman–Crippen MR) is 115 cm³/mol. The number of anilines is 4. The van der Waals surface area contributed by atoms with Crippen molar-refractivity contribution in [2.24, 2.45) is 0 Å². The van der Waals surface area contributed by atoms with Crippen molar-refractivity contribution in [1.82, 2.24) is 0 Å². The Labute approximate surface area is 187 Å². The highest BCUT2D eigenvalue weighted by Gasteiger charge is 2.31. The van der Waals surface area contributed by atoms with Crippen molar-refractivity contribution in [1.29, 1.82) is 0 Å². The number of halogens is 4. The minimum Gasteiger partial charge on any atom is -0.497 e. The normalized spacial score (nSPS) is 11.0. The molecule has 0 bridgehead atoms. The lowest BCUT2D eigenvalue weighted by atomic mass is 10.1. The maximum absolute atomic E-state index is 14.8. The molecule has 1 N–H and O–H groups in total. The first-order chi connectivity index (χ1) is 15.6. The lowest BCUT2D eigenvalue weighted by molar-refractivity contribution is -0.274. The van der Waals surface area contributed by atoms with E-state index >= 15 is 0 Å². The number of nitrogens with one attached hydrogen (secondary N) is 1. The first-order valence-electron chi connectivity index (χ1n) is 9.53. The maximum Gasteiger partial charge on any atom is 0.573 e. The monoisotopic (exact) mass is 464 g/mol. The Balaban J connectivity index is 1.81. The van der Waals surface area contributed by atoms with Crippen molar-refractivity contribution in [2.45, 2.75) is 6.36 Å². The summed E-state index contributed by atoms with van der Waals surface area (Å²) in [5, 5.41) is 2.87. The van der Waals surface area contributed by atoms with Crippen LogP contribution in [-0.4, -0.2) is 33.6 Å². The average molecular weight is 464 g/mol. The summed E-state index contributed by atoms with van der Waals surface area (Å²) in [4.78, 5) is 13.7. The number of benzene rings is 3. The van der Waals surface area contributed by atoms with Crippen LogP contribution in [0.5, 0.6) is 11.5 Å². The van der Waals surface area contributed by atoms with Gasteiger partial charge in [-0.1, -0.05) is 0 Å². The molecule has 0 aliphatic rings. The molecule has 0 saturated carbocycles. The lowest BCUT2D eigenvalue weighted by Gasteiger charge is -2.21. The predicted octanol–water partition coefficient (Wildman–Crippen LogP) is 6.03. The SMILES string of the molecule is COC(=O)c1cc(OC)ccc1Nc1ccc(N(C)c2ccc(OC(F)(F)F)cc2)cc1F. The summed E-state index contributed by atoms with van der Waals surface area (Å²) >= 11 is 0. The summed E-state index contributed by atoms with van der Waals surface area (Å²) in [5.41, 5.74) is 1.57. The van der Waals surface area contributed by atoms with Crippen molar-refractivity contribution in [3.8, 4) is 11.5 Å². The van der Waals surface area contributed by atoms with E-state index in [0.717, 1.165) is 0 Å². The number of hydrogen-bond donors (Lipinski definition) is 1. The molecule has 33 heavy (non-hydrogen) atoms. The van der Waals surface area contributed by atoms with Gasteiger partial charge in [0, 0.05) is 18.4 Å². The fourth-order valence-electron chi connectivity index (χ4n) is 3.02. The van der Waals surface area contributed by atoms with Gasteiger partial charge in [0.05, 0.1) is 31.2 Å². The van der Waals surface area contributed by atoms with Crippen LogP contribution in [0.1, 0.15) is 10.4 Å². The largest absolute Gasteiger partial charge is 0.573 e. The van der Waals surface area contributed by atoms with Crippen molar-refractivity contribution >= 4 is 28.7 Å². The van der Waals surface area contributed by atoms with E-state index in [9.17, 15) is 22.4 Å². The maximum atomic E-state index is 14.8. The van der Waals surface area contributed by atoms with E-state index in [2.05, 4.69) is 10.1 Å². The summed E-state index contributed by atoms with van der Waals surface area (Å²) in [6, 6.07) is 14.2. The Hall–Kier alpha value is -3.95. The molecule has 0 amide bonds. The summed E-state index contributed by atoms with van der Waals surface area (Å²) in [6.07, 6.45) is -4.78. The van der Waals surface area contributed by atoms with Crippen molar-refractivity contribution < 1.29 is 36.6 Å². The molecule has 0 heterocycles. The minimum atomic E-state index is -4.78. The van der Waals surface area contributed by atoms with E-state index in [-0.39, 0.29) is 17.0 Å². The fourth-order valence-corrected chi connectivity index (χ4v) is 3.02. The highest BCUT2D eigenvalue weighted by Crippen LogP contribution is 2.32. The molecule has 0 saturated heterocycles. The molecular formula is C23H20F4N2O4. The number of alkyl halides is 3. The molecular weight excluding hydrogens is 444 g/mol. The van der Waals surface area contributed by atoms with Crippen LogP contribution >= 0.6 is 0 Å². The minimum absolute atomic E-state index is 0.108. The number of methoxy groups -OCH3 is 2. The Kier molecular flexibility index (Phi) is 6.95.